The summed E-state index contributed by atoms with van der Waals surface area (Å²) in [6.07, 6.45) is -0.0423. The maximum atomic E-state index is 12.6. The lowest BCUT2D eigenvalue weighted by atomic mass is 10.2. The first-order valence-corrected chi connectivity index (χ1v) is 8.98. The average molecular weight is 394 g/mol. The monoisotopic (exact) mass is 393 g/mol. The van der Waals surface area contributed by atoms with Crippen molar-refractivity contribution in [3.05, 3.63) is 58.6 Å². The Labute approximate surface area is 158 Å². The highest BCUT2D eigenvalue weighted by Crippen LogP contribution is 2.33. The van der Waals surface area contributed by atoms with Crippen LogP contribution in [0.1, 0.15) is 6.42 Å². The van der Waals surface area contributed by atoms with Crippen molar-refractivity contribution in [1.82, 2.24) is 0 Å². The van der Waals surface area contributed by atoms with Gasteiger partial charge in [-0.15, -0.1) is 0 Å². The second-order valence-corrected chi connectivity index (χ2v) is 7.40. The minimum absolute atomic E-state index is 0.0423. The molecule has 3 rings (SSSR count). The van der Waals surface area contributed by atoms with Crippen LogP contribution in [0.2, 0.25) is 10.0 Å². The zero-order chi connectivity index (χ0) is 18.0. The highest BCUT2D eigenvalue weighted by Gasteiger charge is 2.39. The third-order valence-corrected chi connectivity index (χ3v) is 4.98. The summed E-state index contributed by atoms with van der Waals surface area (Å²) in [4.78, 5) is 26.1. The number of benzene rings is 2. The molecule has 1 atom stereocenters. The summed E-state index contributed by atoms with van der Waals surface area (Å²) in [5.41, 5.74) is 1.09. The standard InChI is InChI=1S/C17H13Cl2N3O2S/c18-10-6-11(19)8-12(7-10)21-15(23)9-14-16(24)22(17(20)25-14)13-4-2-1-3-5-13/h1-8,14,20H,9H2,(H,21,23)/t14-/m0/s1. The fourth-order valence-corrected chi connectivity index (χ4v) is 3.98. The predicted molar refractivity (Wildman–Crippen MR) is 103 cm³/mol. The lowest BCUT2D eigenvalue weighted by Crippen LogP contribution is -2.33. The molecule has 128 valence electrons. The highest BCUT2D eigenvalue weighted by atomic mass is 35.5. The molecule has 2 aromatic rings. The van der Waals surface area contributed by atoms with Crippen LogP contribution >= 0.6 is 35.0 Å². The minimum atomic E-state index is -0.637. The summed E-state index contributed by atoms with van der Waals surface area (Å²) < 4.78 is 0. The van der Waals surface area contributed by atoms with E-state index in [0.29, 0.717) is 21.4 Å². The largest absolute Gasteiger partial charge is 0.326 e. The Balaban J connectivity index is 1.68. The molecule has 1 aliphatic rings. The number of nitrogens with one attached hydrogen (secondary N) is 2. The minimum Gasteiger partial charge on any atom is -0.326 e. The maximum absolute atomic E-state index is 12.6. The summed E-state index contributed by atoms with van der Waals surface area (Å²) in [5.74, 6) is -0.618. The molecule has 0 unspecified atom stereocenters. The van der Waals surface area contributed by atoms with Gasteiger partial charge in [0.1, 0.15) is 5.25 Å². The van der Waals surface area contributed by atoms with E-state index in [1.165, 1.54) is 4.90 Å². The summed E-state index contributed by atoms with van der Waals surface area (Å²) in [5, 5.41) is 11.0. The number of hydrogen-bond donors (Lipinski definition) is 2. The van der Waals surface area contributed by atoms with Crippen LogP contribution in [-0.2, 0) is 9.59 Å². The number of nitrogens with zero attached hydrogens (tertiary/aromatic N) is 1. The summed E-state index contributed by atoms with van der Waals surface area (Å²) in [6, 6.07) is 13.6. The Morgan fingerprint density at radius 2 is 1.80 bits per heavy atom. The smallest absolute Gasteiger partial charge is 0.247 e. The van der Waals surface area contributed by atoms with Crippen molar-refractivity contribution in [3.63, 3.8) is 0 Å². The van der Waals surface area contributed by atoms with Crippen molar-refractivity contribution in [2.45, 2.75) is 11.7 Å². The molecule has 0 spiro atoms. The molecule has 8 heteroatoms. The van der Waals surface area contributed by atoms with E-state index in [4.69, 9.17) is 28.6 Å². The van der Waals surface area contributed by atoms with Gasteiger partial charge in [0.25, 0.3) is 0 Å². The number of rotatable bonds is 4. The molecule has 1 aliphatic heterocycles. The Morgan fingerprint density at radius 1 is 1.16 bits per heavy atom. The highest BCUT2D eigenvalue weighted by molar-refractivity contribution is 8.16. The van der Waals surface area contributed by atoms with Gasteiger partial charge in [0, 0.05) is 22.2 Å². The van der Waals surface area contributed by atoms with E-state index in [2.05, 4.69) is 5.32 Å². The van der Waals surface area contributed by atoms with Crippen LogP contribution in [0.4, 0.5) is 11.4 Å². The molecule has 1 heterocycles. The number of amides is 2. The number of para-hydroxylation sites is 1. The number of halogens is 2. The topological polar surface area (TPSA) is 73.3 Å². The van der Waals surface area contributed by atoms with Crippen LogP contribution in [0, 0.1) is 5.41 Å². The van der Waals surface area contributed by atoms with Crippen LogP contribution in [0.25, 0.3) is 0 Å². The molecule has 2 aromatic carbocycles. The second-order valence-electron chi connectivity index (χ2n) is 5.33. The SMILES string of the molecule is N=C1S[C@@H](CC(=O)Nc2cc(Cl)cc(Cl)c2)C(=O)N1c1ccccc1. The van der Waals surface area contributed by atoms with Gasteiger partial charge in [0.15, 0.2) is 5.17 Å². The molecule has 0 aromatic heterocycles. The van der Waals surface area contributed by atoms with Gasteiger partial charge in [-0.05, 0) is 30.3 Å². The average Bonchev–Trinajstić information content (AvgIpc) is 2.81. The van der Waals surface area contributed by atoms with E-state index in [1.54, 1.807) is 42.5 Å². The lowest BCUT2D eigenvalue weighted by Gasteiger charge is -2.15. The van der Waals surface area contributed by atoms with Gasteiger partial charge in [-0.2, -0.15) is 0 Å². The van der Waals surface area contributed by atoms with Gasteiger partial charge < -0.3 is 5.32 Å². The molecule has 2 N–H and O–H groups in total. The van der Waals surface area contributed by atoms with Crippen molar-refractivity contribution < 1.29 is 9.59 Å². The zero-order valence-corrected chi connectivity index (χ0v) is 15.2. The first-order valence-electron chi connectivity index (χ1n) is 7.34. The quantitative estimate of drug-likeness (QED) is 0.807. The molecule has 0 saturated carbocycles. The predicted octanol–water partition coefficient (Wildman–Crippen LogP) is 4.41. The molecule has 0 bridgehead atoms. The summed E-state index contributed by atoms with van der Waals surface area (Å²) in [6.45, 7) is 0. The first-order chi connectivity index (χ1) is 11.9. The van der Waals surface area contributed by atoms with Crippen molar-refractivity contribution >= 4 is 63.3 Å². The third-order valence-electron chi connectivity index (χ3n) is 3.48. The van der Waals surface area contributed by atoms with E-state index in [9.17, 15) is 9.59 Å². The van der Waals surface area contributed by atoms with Gasteiger partial charge in [-0.1, -0.05) is 53.2 Å². The van der Waals surface area contributed by atoms with Gasteiger partial charge in [0.2, 0.25) is 11.8 Å². The van der Waals surface area contributed by atoms with Crippen LogP contribution in [0.15, 0.2) is 48.5 Å². The summed E-state index contributed by atoms with van der Waals surface area (Å²) in [7, 11) is 0. The number of thioether (sulfide) groups is 1. The number of amidine groups is 1. The van der Waals surface area contributed by atoms with Crippen LogP contribution in [-0.4, -0.2) is 22.2 Å². The Hall–Kier alpha value is -2.02. The molecule has 1 fully saturated rings. The molecular formula is C17H13Cl2N3O2S. The zero-order valence-electron chi connectivity index (χ0n) is 12.8. The normalized spacial score (nSPS) is 17.0. The maximum Gasteiger partial charge on any atom is 0.247 e. The van der Waals surface area contributed by atoms with Gasteiger partial charge in [-0.3, -0.25) is 19.9 Å². The van der Waals surface area contributed by atoms with Crippen LogP contribution in [0.5, 0.6) is 0 Å². The van der Waals surface area contributed by atoms with E-state index in [1.807, 2.05) is 6.07 Å². The summed E-state index contributed by atoms with van der Waals surface area (Å²) >= 11 is 12.9. The number of anilines is 2. The molecule has 1 saturated heterocycles. The van der Waals surface area contributed by atoms with Crippen molar-refractivity contribution in [3.8, 4) is 0 Å². The van der Waals surface area contributed by atoms with E-state index in [0.717, 1.165) is 11.8 Å². The number of carbonyl (C=O) groups is 2. The lowest BCUT2D eigenvalue weighted by molar-refractivity contribution is -0.121. The van der Waals surface area contributed by atoms with Crippen LogP contribution in [0.3, 0.4) is 0 Å². The van der Waals surface area contributed by atoms with Crippen LogP contribution < -0.4 is 10.2 Å². The van der Waals surface area contributed by atoms with E-state index >= 15 is 0 Å². The van der Waals surface area contributed by atoms with Gasteiger partial charge in [-0.25, -0.2) is 0 Å². The fraction of sp³-hybridized carbons (Fsp3) is 0.118. The van der Waals surface area contributed by atoms with E-state index in [-0.39, 0.29) is 23.4 Å². The molecule has 2 amide bonds. The molecule has 0 aliphatic carbocycles. The number of carbonyl (C=O) groups excluding carboxylic acids is 2. The Morgan fingerprint density at radius 3 is 2.44 bits per heavy atom. The van der Waals surface area contributed by atoms with Crippen molar-refractivity contribution in [2.24, 2.45) is 0 Å². The first kappa shape index (κ1) is 17.8. The van der Waals surface area contributed by atoms with Crippen molar-refractivity contribution in [2.75, 3.05) is 10.2 Å². The third kappa shape index (κ3) is 4.15. The Kier molecular flexibility index (Phi) is 5.32. The molecule has 25 heavy (non-hydrogen) atoms. The van der Waals surface area contributed by atoms with Gasteiger partial charge >= 0.3 is 0 Å². The molecule has 0 radical (unpaired) electrons. The Bertz CT molecular complexity index is 825. The van der Waals surface area contributed by atoms with Crippen molar-refractivity contribution in [1.29, 1.82) is 5.41 Å². The van der Waals surface area contributed by atoms with E-state index < -0.39 is 5.25 Å². The molecule has 5 nitrogen and oxygen atoms in total. The second kappa shape index (κ2) is 7.47. The fourth-order valence-electron chi connectivity index (χ4n) is 2.44. The number of hydrogen-bond acceptors (Lipinski definition) is 4. The van der Waals surface area contributed by atoms with Gasteiger partial charge in [0.05, 0.1) is 5.69 Å². The molecular weight excluding hydrogens is 381 g/mol.